The van der Waals surface area contributed by atoms with E-state index in [0.717, 1.165) is 11.9 Å². The molecule has 0 aliphatic carbocycles. The number of aliphatic hydroxyl groups is 1. The number of hydrazine groups is 1. The number of halogens is 2. The largest absolute Gasteiger partial charge is 0.474 e. The first-order valence-corrected chi connectivity index (χ1v) is 9.76. The second-order valence-corrected chi connectivity index (χ2v) is 7.12. The molecule has 1 amide bonds. The molecule has 0 aliphatic heterocycles. The highest BCUT2D eigenvalue weighted by molar-refractivity contribution is 6.31. The number of rotatable bonds is 9. The molecule has 33 heavy (non-hydrogen) atoms. The van der Waals surface area contributed by atoms with Crippen LogP contribution in [0.5, 0.6) is 0 Å². The van der Waals surface area contributed by atoms with Crippen LogP contribution in [0.4, 0.5) is 4.39 Å². The summed E-state index contributed by atoms with van der Waals surface area (Å²) in [5.41, 5.74) is 3.38. The van der Waals surface area contributed by atoms with Crippen LogP contribution in [0.25, 0.3) is 11.1 Å². The van der Waals surface area contributed by atoms with Crippen molar-refractivity contribution in [2.75, 3.05) is 13.3 Å². The van der Waals surface area contributed by atoms with Gasteiger partial charge in [-0.1, -0.05) is 35.9 Å². The van der Waals surface area contributed by atoms with Crippen LogP contribution in [0.15, 0.2) is 42.5 Å². The highest BCUT2D eigenvalue weighted by Crippen LogP contribution is 2.26. The second-order valence-electron chi connectivity index (χ2n) is 6.68. The van der Waals surface area contributed by atoms with Gasteiger partial charge < -0.3 is 19.7 Å². The van der Waals surface area contributed by atoms with Gasteiger partial charge >= 0.3 is 23.8 Å². The van der Waals surface area contributed by atoms with E-state index in [-0.39, 0.29) is 12.1 Å². The van der Waals surface area contributed by atoms with Gasteiger partial charge in [-0.2, -0.15) is 0 Å². The third kappa shape index (κ3) is 8.15. The standard InChI is InChI=1S/C21H20ClFN2O8/c1-12(26)32-11-33-21(31)18(27)10-25(24-19(28)20(29)30)9-13-2-4-14(5-3-13)16-8-15(22)6-7-17(16)23/h2-8,18,27H,9-11H2,1H3,(H,24,28)(H,29,30)/t18-/m1/s1. The average Bonchev–Trinajstić information content (AvgIpc) is 2.75. The van der Waals surface area contributed by atoms with Crippen molar-refractivity contribution < 1.29 is 43.3 Å². The molecule has 0 unspecified atom stereocenters. The highest BCUT2D eigenvalue weighted by Gasteiger charge is 2.24. The van der Waals surface area contributed by atoms with Gasteiger partial charge in [-0.05, 0) is 29.3 Å². The van der Waals surface area contributed by atoms with Crippen molar-refractivity contribution in [2.24, 2.45) is 0 Å². The van der Waals surface area contributed by atoms with Gasteiger partial charge in [0.1, 0.15) is 5.82 Å². The summed E-state index contributed by atoms with van der Waals surface area (Å²) in [5.74, 6) is -5.50. The van der Waals surface area contributed by atoms with Gasteiger partial charge in [-0.3, -0.25) is 15.0 Å². The second kappa shape index (κ2) is 11.9. The van der Waals surface area contributed by atoms with Crippen molar-refractivity contribution in [3.05, 3.63) is 58.9 Å². The fourth-order valence-electron chi connectivity index (χ4n) is 2.62. The number of benzene rings is 2. The van der Waals surface area contributed by atoms with Gasteiger partial charge in [-0.25, -0.2) is 19.0 Å². The molecular formula is C21H20ClFN2O8. The van der Waals surface area contributed by atoms with E-state index in [9.17, 15) is 28.7 Å². The Hall–Kier alpha value is -3.54. The van der Waals surface area contributed by atoms with E-state index in [2.05, 4.69) is 14.9 Å². The minimum Gasteiger partial charge on any atom is -0.474 e. The molecule has 0 heterocycles. The molecule has 0 saturated carbocycles. The Labute approximate surface area is 192 Å². The zero-order chi connectivity index (χ0) is 24.5. The smallest absolute Gasteiger partial charge is 0.395 e. The Bertz CT molecular complexity index is 1030. The number of hydrogen-bond donors (Lipinski definition) is 3. The zero-order valence-corrected chi connectivity index (χ0v) is 18.0. The first-order valence-electron chi connectivity index (χ1n) is 9.38. The molecule has 176 valence electrons. The summed E-state index contributed by atoms with van der Waals surface area (Å²) in [4.78, 5) is 45.0. The fraction of sp³-hybridized carbons (Fsp3) is 0.238. The first-order chi connectivity index (χ1) is 15.6. The molecule has 10 nitrogen and oxygen atoms in total. The maximum Gasteiger partial charge on any atom is 0.395 e. The van der Waals surface area contributed by atoms with Gasteiger partial charge in [0.2, 0.25) is 6.79 Å². The van der Waals surface area contributed by atoms with Crippen molar-refractivity contribution >= 4 is 35.4 Å². The van der Waals surface area contributed by atoms with Crippen LogP contribution in [-0.4, -0.2) is 58.5 Å². The molecule has 0 bridgehead atoms. The normalized spacial score (nSPS) is 11.5. The van der Waals surface area contributed by atoms with Crippen molar-refractivity contribution in [1.82, 2.24) is 10.4 Å². The van der Waals surface area contributed by atoms with E-state index in [1.807, 2.05) is 0 Å². The molecule has 3 N–H and O–H groups in total. The molecule has 0 spiro atoms. The molecule has 0 saturated heterocycles. The molecule has 1 atom stereocenters. The third-order valence-corrected chi connectivity index (χ3v) is 4.38. The molecule has 0 aromatic heterocycles. The number of carbonyl (C=O) groups is 4. The predicted molar refractivity (Wildman–Crippen MR) is 112 cm³/mol. The number of hydrogen-bond acceptors (Lipinski definition) is 8. The molecule has 0 fully saturated rings. The van der Waals surface area contributed by atoms with Crippen molar-refractivity contribution in [2.45, 2.75) is 19.6 Å². The topological polar surface area (TPSA) is 142 Å². The van der Waals surface area contributed by atoms with Gasteiger partial charge in [-0.15, -0.1) is 0 Å². The van der Waals surface area contributed by atoms with Crippen LogP contribution in [0.1, 0.15) is 12.5 Å². The van der Waals surface area contributed by atoms with Gasteiger partial charge in [0.25, 0.3) is 0 Å². The lowest BCUT2D eigenvalue weighted by Gasteiger charge is -2.24. The summed E-state index contributed by atoms with van der Waals surface area (Å²) in [6.07, 6.45) is -1.80. The quantitative estimate of drug-likeness (QED) is 0.209. The average molecular weight is 483 g/mol. The van der Waals surface area contributed by atoms with Crippen molar-refractivity contribution in [3.63, 3.8) is 0 Å². The summed E-state index contributed by atoms with van der Waals surface area (Å²) in [5, 5.41) is 20.2. The van der Waals surface area contributed by atoms with Crippen LogP contribution in [0, 0.1) is 5.82 Å². The fourth-order valence-corrected chi connectivity index (χ4v) is 2.79. The Balaban J connectivity index is 2.11. The van der Waals surface area contributed by atoms with Crippen LogP contribution < -0.4 is 5.43 Å². The van der Waals surface area contributed by atoms with E-state index in [0.29, 0.717) is 16.1 Å². The summed E-state index contributed by atoms with van der Waals surface area (Å²) in [6.45, 7) is -0.276. The van der Waals surface area contributed by atoms with Gasteiger partial charge in [0.15, 0.2) is 6.10 Å². The Morgan fingerprint density at radius 1 is 1.12 bits per heavy atom. The number of aliphatic hydroxyl groups excluding tert-OH is 1. The van der Waals surface area contributed by atoms with E-state index in [1.54, 1.807) is 24.3 Å². The lowest BCUT2D eigenvalue weighted by atomic mass is 10.0. The zero-order valence-electron chi connectivity index (χ0n) is 17.3. The van der Waals surface area contributed by atoms with Gasteiger partial charge in [0.05, 0.1) is 6.54 Å². The number of nitrogens with zero attached hydrogens (tertiary/aromatic N) is 1. The lowest BCUT2D eigenvalue weighted by molar-refractivity contribution is -0.173. The summed E-state index contributed by atoms with van der Waals surface area (Å²) in [6, 6.07) is 10.5. The number of carboxylic acid groups (broad SMARTS) is 1. The van der Waals surface area contributed by atoms with E-state index in [1.165, 1.54) is 18.2 Å². The maximum atomic E-state index is 14.1. The third-order valence-electron chi connectivity index (χ3n) is 4.15. The minimum absolute atomic E-state index is 0.119. The molecule has 12 heteroatoms. The van der Waals surface area contributed by atoms with E-state index in [4.69, 9.17) is 16.7 Å². The lowest BCUT2D eigenvalue weighted by Crippen LogP contribution is -2.49. The molecule has 0 aliphatic rings. The van der Waals surface area contributed by atoms with E-state index < -0.39 is 49.1 Å². The molecule has 0 radical (unpaired) electrons. The summed E-state index contributed by atoms with van der Waals surface area (Å²) in [7, 11) is 0. The Kier molecular flexibility index (Phi) is 9.28. The molecule has 2 rings (SSSR count). The Morgan fingerprint density at radius 2 is 1.79 bits per heavy atom. The van der Waals surface area contributed by atoms with Crippen molar-refractivity contribution in [3.8, 4) is 11.1 Å². The summed E-state index contributed by atoms with van der Waals surface area (Å²) < 4.78 is 23.1. The number of nitrogens with one attached hydrogen (secondary N) is 1. The number of aliphatic carboxylic acids is 1. The van der Waals surface area contributed by atoms with Crippen LogP contribution in [0.2, 0.25) is 5.02 Å². The molecular weight excluding hydrogens is 463 g/mol. The highest BCUT2D eigenvalue weighted by atomic mass is 35.5. The maximum absolute atomic E-state index is 14.1. The molecule has 2 aromatic carbocycles. The van der Waals surface area contributed by atoms with Crippen molar-refractivity contribution in [1.29, 1.82) is 0 Å². The number of amides is 1. The number of esters is 2. The Morgan fingerprint density at radius 3 is 2.39 bits per heavy atom. The number of carboxylic acids is 1. The molecule has 2 aromatic rings. The van der Waals surface area contributed by atoms with E-state index >= 15 is 0 Å². The monoisotopic (exact) mass is 482 g/mol. The minimum atomic E-state index is -1.80. The van der Waals surface area contributed by atoms with Gasteiger partial charge in [0, 0.05) is 24.1 Å². The number of carbonyl (C=O) groups excluding carboxylic acids is 3. The van der Waals surface area contributed by atoms with Crippen LogP contribution in [-0.2, 0) is 35.2 Å². The number of ether oxygens (including phenoxy) is 2. The SMILES string of the molecule is CC(=O)OCOC(=O)[C@H](O)CN(Cc1ccc(-c2cc(Cl)ccc2F)cc1)NC(=O)C(=O)O. The predicted octanol–water partition coefficient (Wildman–Crippen LogP) is 1.49. The summed E-state index contributed by atoms with van der Waals surface area (Å²) >= 11 is 5.91. The van der Waals surface area contributed by atoms with Crippen LogP contribution in [0.3, 0.4) is 0 Å². The van der Waals surface area contributed by atoms with Crippen LogP contribution >= 0.6 is 11.6 Å². The first kappa shape index (κ1) is 25.7.